The van der Waals surface area contributed by atoms with Crippen molar-refractivity contribution < 1.29 is 4.79 Å². The van der Waals surface area contributed by atoms with E-state index in [0.717, 1.165) is 50.1 Å². The number of fused-ring (bicyclic) bond motifs is 1. The topological polar surface area (TPSA) is 28.5 Å². The van der Waals surface area contributed by atoms with E-state index < -0.39 is 0 Å². The quantitative estimate of drug-likeness (QED) is 0.808. The first-order chi connectivity index (χ1) is 10.1. The van der Waals surface area contributed by atoms with Gasteiger partial charge in [0.15, 0.2) is 0 Å². The van der Waals surface area contributed by atoms with Crippen LogP contribution in [0.1, 0.15) is 21.6 Å². The third kappa shape index (κ3) is 2.61. The van der Waals surface area contributed by atoms with Gasteiger partial charge in [-0.15, -0.1) is 0 Å². The van der Waals surface area contributed by atoms with E-state index in [1.807, 2.05) is 12.1 Å². The van der Waals surface area contributed by atoms with Gasteiger partial charge < -0.3 is 9.47 Å². The largest absolute Gasteiger partial charge is 0.348 e. The number of aromatic nitrogens is 1. The van der Waals surface area contributed by atoms with Gasteiger partial charge in [-0.1, -0.05) is 12.1 Å². The standard InChI is InChI=1S/C17H23N3O/c1-13-16(11-20-8-6-18(2)7-9-20)15-5-4-14(12-21)10-17(15)19(13)3/h4-5,10,12H,6-9,11H2,1-3H3. The molecule has 21 heavy (non-hydrogen) atoms. The van der Waals surface area contributed by atoms with E-state index in [1.54, 1.807) is 0 Å². The van der Waals surface area contributed by atoms with Gasteiger partial charge in [0.05, 0.1) is 0 Å². The van der Waals surface area contributed by atoms with Crippen LogP contribution < -0.4 is 0 Å². The van der Waals surface area contributed by atoms with Gasteiger partial charge in [-0.3, -0.25) is 9.69 Å². The van der Waals surface area contributed by atoms with Gasteiger partial charge in [0, 0.05) is 61.9 Å². The first kappa shape index (κ1) is 14.3. The second-order valence-electron chi connectivity index (χ2n) is 6.10. The molecule has 0 radical (unpaired) electrons. The highest BCUT2D eigenvalue weighted by Gasteiger charge is 2.18. The summed E-state index contributed by atoms with van der Waals surface area (Å²) in [6, 6.07) is 6.00. The van der Waals surface area contributed by atoms with Crippen LogP contribution in [0.5, 0.6) is 0 Å². The molecule has 1 saturated heterocycles. The Kier molecular flexibility index (Phi) is 3.83. The first-order valence-electron chi connectivity index (χ1n) is 7.54. The zero-order valence-corrected chi connectivity index (χ0v) is 13.1. The number of benzene rings is 1. The second-order valence-corrected chi connectivity index (χ2v) is 6.10. The number of hydrogen-bond donors (Lipinski definition) is 0. The van der Waals surface area contributed by atoms with Crippen LogP contribution in [0.15, 0.2) is 18.2 Å². The van der Waals surface area contributed by atoms with Gasteiger partial charge in [-0.25, -0.2) is 0 Å². The van der Waals surface area contributed by atoms with Crippen molar-refractivity contribution in [2.75, 3.05) is 33.2 Å². The Morgan fingerprint density at radius 3 is 2.52 bits per heavy atom. The summed E-state index contributed by atoms with van der Waals surface area (Å²) in [5.74, 6) is 0. The zero-order valence-electron chi connectivity index (χ0n) is 13.1. The zero-order chi connectivity index (χ0) is 15.0. The maximum Gasteiger partial charge on any atom is 0.150 e. The van der Waals surface area contributed by atoms with Crippen LogP contribution in [0.4, 0.5) is 0 Å². The molecule has 0 bridgehead atoms. The Labute approximate surface area is 125 Å². The SMILES string of the molecule is Cc1c(CN2CCN(C)CC2)c2ccc(C=O)cc2n1C. The third-order valence-electron chi connectivity index (χ3n) is 4.76. The van der Waals surface area contributed by atoms with Crippen LogP contribution in [0.2, 0.25) is 0 Å². The smallest absolute Gasteiger partial charge is 0.150 e. The van der Waals surface area contributed by atoms with Gasteiger partial charge in [-0.2, -0.15) is 0 Å². The number of carbonyl (C=O) groups excluding carboxylic acids is 1. The Bertz CT molecular complexity index is 666. The molecule has 2 heterocycles. The lowest BCUT2D eigenvalue weighted by molar-refractivity contribution is 0.112. The Morgan fingerprint density at radius 1 is 1.14 bits per heavy atom. The molecule has 0 atom stereocenters. The molecule has 3 rings (SSSR count). The van der Waals surface area contributed by atoms with Crippen LogP contribution in [-0.4, -0.2) is 53.9 Å². The molecule has 1 fully saturated rings. The molecule has 1 aromatic heterocycles. The Morgan fingerprint density at radius 2 is 1.86 bits per heavy atom. The van der Waals surface area contributed by atoms with Crippen molar-refractivity contribution in [2.45, 2.75) is 13.5 Å². The van der Waals surface area contributed by atoms with E-state index in [9.17, 15) is 4.79 Å². The average Bonchev–Trinajstić information content (AvgIpc) is 2.74. The van der Waals surface area contributed by atoms with Gasteiger partial charge in [-0.05, 0) is 25.6 Å². The summed E-state index contributed by atoms with van der Waals surface area (Å²) in [6.07, 6.45) is 0.919. The monoisotopic (exact) mass is 285 g/mol. The molecule has 0 unspecified atom stereocenters. The molecule has 0 saturated carbocycles. The maximum absolute atomic E-state index is 11.0. The van der Waals surface area contributed by atoms with Crippen molar-refractivity contribution in [1.82, 2.24) is 14.4 Å². The predicted octanol–water partition coefficient (Wildman–Crippen LogP) is 2.05. The lowest BCUT2D eigenvalue weighted by atomic mass is 10.1. The molecule has 2 aromatic rings. The molecule has 4 nitrogen and oxygen atoms in total. The first-order valence-corrected chi connectivity index (χ1v) is 7.54. The average molecular weight is 285 g/mol. The van der Waals surface area contributed by atoms with Gasteiger partial charge >= 0.3 is 0 Å². The van der Waals surface area contributed by atoms with E-state index in [2.05, 4.69) is 41.5 Å². The third-order valence-corrected chi connectivity index (χ3v) is 4.76. The number of aldehydes is 1. The van der Waals surface area contributed by atoms with Gasteiger partial charge in [0.1, 0.15) is 6.29 Å². The van der Waals surface area contributed by atoms with Crippen molar-refractivity contribution >= 4 is 17.2 Å². The number of nitrogens with zero attached hydrogens (tertiary/aromatic N) is 3. The summed E-state index contributed by atoms with van der Waals surface area (Å²) in [5, 5.41) is 1.28. The van der Waals surface area contributed by atoms with Crippen LogP contribution in [-0.2, 0) is 13.6 Å². The van der Waals surface area contributed by atoms with E-state index >= 15 is 0 Å². The summed E-state index contributed by atoms with van der Waals surface area (Å²) in [4.78, 5) is 15.9. The molecule has 0 spiro atoms. The number of hydrogen-bond acceptors (Lipinski definition) is 3. The highest BCUT2D eigenvalue weighted by Crippen LogP contribution is 2.27. The van der Waals surface area contributed by atoms with Crippen molar-refractivity contribution in [2.24, 2.45) is 7.05 Å². The summed E-state index contributed by atoms with van der Waals surface area (Å²) in [7, 11) is 4.27. The predicted molar refractivity (Wildman–Crippen MR) is 85.8 cm³/mol. The van der Waals surface area contributed by atoms with Crippen molar-refractivity contribution in [1.29, 1.82) is 0 Å². The Balaban J connectivity index is 1.94. The van der Waals surface area contributed by atoms with Crippen molar-refractivity contribution in [3.8, 4) is 0 Å². The van der Waals surface area contributed by atoms with Gasteiger partial charge in [0.2, 0.25) is 0 Å². The second kappa shape index (κ2) is 5.62. The molecule has 1 aliphatic rings. The molecule has 1 aliphatic heterocycles. The number of carbonyl (C=O) groups is 1. The summed E-state index contributed by atoms with van der Waals surface area (Å²) < 4.78 is 2.20. The highest BCUT2D eigenvalue weighted by molar-refractivity contribution is 5.90. The fourth-order valence-corrected chi connectivity index (χ4v) is 3.16. The molecular weight excluding hydrogens is 262 g/mol. The number of piperazine rings is 1. The van der Waals surface area contributed by atoms with Crippen LogP contribution in [0, 0.1) is 6.92 Å². The molecule has 0 N–H and O–H groups in total. The normalized spacial score (nSPS) is 17.5. The van der Waals surface area contributed by atoms with Crippen LogP contribution in [0.3, 0.4) is 0 Å². The molecule has 0 amide bonds. The molecule has 1 aromatic carbocycles. The fraction of sp³-hybridized carbons (Fsp3) is 0.471. The van der Waals surface area contributed by atoms with Gasteiger partial charge in [0.25, 0.3) is 0 Å². The van der Waals surface area contributed by atoms with Crippen molar-refractivity contribution in [3.63, 3.8) is 0 Å². The number of aryl methyl sites for hydroxylation is 1. The van der Waals surface area contributed by atoms with Crippen LogP contribution in [0.25, 0.3) is 10.9 Å². The minimum absolute atomic E-state index is 0.745. The lowest BCUT2D eigenvalue weighted by Crippen LogP contribution is -2.43. The molecule has 112 valence electrons. The van der Waals surface area contributed by atoms with E-state index in [4.69, 9.17) is 0 Å². The van der Waals surface area contributed by atoms with E-state index in [1.165, 1.54) is 16.6 Å². The summed E-state index contributed by atoms with van der Waals surface area (Å²) in [6.45, 7) is 7.69. The van der Waals surface area contributed by atoms with E-state index in [0.29, 0.717) is 0 Å². The molecule has 4 heteroatoms. The van der Waals surface area contributed by atoms with Crippen molar-refractivity contribution in [3.05, 3.63) is 35.0 Å². The summed E-state index contributed by atoms with van der Waals surface area (Å²) in [5.41, 5.74) is 4.59. The molecular formula is C17H23N3O. The minimum atomic E-state index is 0.745. The highest BCUT2D eigenvalue weighted by atomic mass is 16.1. The number of likely N-dealkylation sites (N-methyl/N-ethyl adjacent to an activating group) is 1. The van der Waals surface area contributed by atoms with Crippen LogP contribution >= 0.6 is 0 Å². The van der Waals surface area contributed by atoms with E-state index in [-0.39, 0.29) is 0 Å². The number of rotatable bonds is 3. The molecule has 0 aliphatic carbocycles. The lowest BCUT2D eigenvalue weighted by Gasteiger charge is -2.32. The summed E-state index contributed by atoms with van der Waals surface area (Å²) >= 11 is 0. The maximum atomic E-state index is 11.0. The fourth-order valence-electron chi connectivity index (χ4n) is 3.16. The minimum Gasteiger partial charge on any atom is -0.348 e. The Hall–Kier alpha value is -1.65.